The Morgan fingerprint density at radius 1 is 1.47 bits per heavy atom. The lowest BCUT2D eigenvalue weighted by atomic mass is 10.1. The highest BCUT2D eigenvalue weighted by Crippen LogP contribution is 2.14. The number of nitrogens with zero attached hydrogens (tertiary/aromatic N) is 2. The second kappa shape index (κ2) is 5.58. The van der Waals surface area contributed by atoms with Gasteiger partial charge in [0.2, 0.25) is 0 Å². The molecule has 0 fully saturated rings. The van der Waals surface area contributed by atoms with Crippen LogP contribution in [0.3, 0.4) is 0 Å². The molecule has 17 heavy (non-hydrogen) atoms. The van der Waals surface area contributed by atoms with Crippen LogP contribution in [0, 0.1) is 18.3 Å². The van der Waals surface area contributed by atoms with Crippen molar-refractivity contribution in [1.29, 1.82) is 5.26 Å². The van der Waals surface area contributed by atoms with Crippen molar-refractivity contribution in [3.8, 4) is 6.07 Å². The van der Waals surface area contributed by atoms with Crippen molar-refractivity contribution in [2.24, 2.45) is 0 Å². The molecule has 0 aromatic carbocycles. The van der Waals surface area contributed by atoms with E-state index in [9.17, 15) is 0 Å². The zero-order valence-corrected chi connectivity index (χ0v) is 10.4. The molecule has 1 unspecified atom stereocenters. The van der Waals surface area contributed by atoms with Gasteiger partial charge in [-0.3, -0.25) is 10.3 Å². The Labute approximate surface area is 105 Å². The molecule has 4 heteroatoms. The lowest BCUT2D eigenvalue weighted by Crippen LogP contribution is -2.19. The van der Waals surface area contributed by atoms with Crippen LogP contribution in [-0.2, 0) is 6.54 Å². The average Bonchev–Trinajstić information content (AvgIpc) is 2.85. The number of aromatic nitrogens is 1. The summed E-state index contributed by atoms with van der Waals surface area (Å²) in [7, 11) is 0. The maximum absolute atomic E-state index is 9.14. The number of rotatable bonds is 4. The molecule has 2 heterocycles. The number of hydrogen-bond donors (Lipinski definition) is 1. The molecule has 0 aliphatic carbocycles. The van der Waals surface area contributed by atoms with Crippen LogP contribution in [-0.4, -0.2) is 4.98 Å². The van der Waals surface area contributed by atoms with Gasteiger partial charge in [0.15, 0.2) is 0 Å². The van der Waals surface area contributed by atoms with Gasteiger partial charge in [0, 0.05) is 28.9 Å². The minimum absolute atomic E-state index is 0.301. The highest BCUT2D eigenvalue weighted by atomic mass is 32.1. The molecule has 0 aliphatic rings. The third-order valence-corrected chi connectivity index (χ3v) is 3.33. The summed E-state index contributed by atoms with van der Waals surface area (Å²) in [5, 5.41) is 14.4. The normalized spacial score (nSPS) is 12.0. The second-order valence-corrected chi connectivity index (χ2v) is 4.79. The third-order valence-electron chi connectivity index (χ3n) is 2.46. The monoisotopic (exact) mass is 243 g/mol. The quantitative estimate of drug-likeness (QED) is 0.898. The first-order chi connectivity index (χ1) is 8.29. The Hall–Kier alpha value is -1.70. The van der Waals surface area contributed by atoms with Crippen LogP contribution in [0.5, 0.6) is 0 Å². The van der Waals surface area contributed by atoms with Gasteiger partial charge in [-0.1, -0.05) is 12.1 Å². The standard InChI is InChI=1S/C13H13N3S/c1-10-4-5-11(8-15-10)13(7-14)16-9-12-3-2-6-17-12/h2-6,8,13,16H,9H2,1H3. The van der Waals surface area contributed by atoms with Gasteiger partial charge in [0.05, 0.1) is 6.07 Å². The molecule has 2 aromatic rings. The lowest BCUT2D eigenvalue weighted by molar-refractivity contribution is 0.633. The fraction of sp³-hybridized carbons (Fsp3) is 0.231. The van der Waals surface area contributed by atoms with Gasteiger partial charge < -0.3 is 0 Å². The molecule has 2 aromatic heterocycles. The van der Waals surface area contributed by atoms with Crippen molar-refractivity contribution in [2.75, 3.05) is 0 Å². The van der Waals surface area contributed by atoms with Crippen molar-refractivity contribution in [3.05, 3.63) is 52.0 Å². The lowest BCUT2D eigenvalue weighted by Gasteiger charge is -2.10. The smallest absolute Gasteiger partial charge is 0.123 e. The highest BCUT2D eigenvalue weighted by molar-refractivity contribution is 7.09. The minimum Gasteiger partial charge on any atom is -0.293 e. The van der Waals surface area contributed by atoms with Gasteiger partial charge in [0.1, 0.15) is 6.04 Å². The Balaban J connectivity index is 2.02. The highest BCUT2D eigenvalue weighted by Gasteiger charge is 2.09. The summed E-state index contributed by atoms with van der Waals surface area (Å²) < 4.78 is 0. The van der Waals surface area contributed by atoms with E-state index in [1.807, 2.05) is 30.5 Å². The van der Waals surface area contributed by atoms with Crippen LogP contribution in [0.4, 0.5) is 0 Å². The molecule has 0 spiro atoms. The van der Waals surface area contributed by atoms with E-state index in [0.29, 0.717) is 6.54 Å². The fourth-order valence-corrected chi connectivity index (χ4v) is 2.16. The summed E-state index contributed by atoms with van der Waals surface area (Å²) in [5.41, 5.74) is 1.87. The topological polar surface area (TPSA) is 48.7 Å². The molecule has 86 valence electrons. The summed E-state index contributed by atoms with van der Waals surface area (Å²) in [6.45, 7) is 2.65. The third kappa shape index (κ3) is 3.13. The molecular weight excluding hydrogens is 230 g/mol. The molecule has 0 radical (unpaired) electrons. The van der Waals surface area contributed by atoms with Crippen molar-refractivity contribution in [3.63, 3.8) is 0 Å². The van der Waals surface area contributed by atoms with Crippen LogP contribution in [0.25, 0.3) is 0 Å². The predicted molar refractivity (Wildman–Crippen MR) is 68.5 cm³/mol. The Bertz CT molecular complexity index is 496. The maximum Gasteiger partial charge on any atom is 0.123 e. The van der Waals surface area contributed by atoms with E-state index in [1.54, 1.807) is 17.5 Å². The van der Waals surface area contributed by atoms with Crippen LogP contribution in [0.2, 0.25) is 0 Å². The van der Waals surface area contributed by atoms with Crippen molar-refractivity contribution in [1.82, 2.24) is 10.3 Å². The van der Waals surface area contributed by atoms with E-state index >= 15 is 0 Å². The van der Waals surface area contributed by atoms with Crippen LogP contribution < -0.4 is 5.32 Å². The number of nitrogens with one attached hydrogen (secondary N) is 1. The van der Waals surface area contributed by atoms with E-state index < -0.39 is 0 Å². The van der Waals surface area contributed by atoms with Crippen LogP contribution in [0.1, 0.15) is 22.2 Å². The number of nitriles is 1. The van der Waals surface area contributed by atoms with Crippen LogP contribution >= 0.6 is 11.3 Å². The Morgan fingerprint density at radius 2 is 2.35 bits per heavy atom. The summed E-state index contributed by atoms with van der Waals surface area (Å²) in [5.74, 6) is 0. The molecule has 0 bridgehead atoms. The largest absolute Gasteiger partial charge is 0.293 e. The summed E-state index contributed by atoms with van der Waals surface area (Å²) in [6.07, 6.45) is 1.75. The number of aryl methyl sites for hydroxylation is 1. The minimum atomic E-state index is -0.301. The van der Waals surface area contributed by atoms with E-state index in [1.165, 1.54) is 4.88 Å². The number of pyridine rings is 1. The van der Waals surface area contributed by atoms with Gasteiger partial charge in [-0.25, -0.2) is 0 Å². The predicted octanol–water partition coefficient (Wildman–Crippen LogP) is 2.81. The first-order valence-corrected chi connectivity index (χ1v) is 6.25. The first kappa shape index (κ1) is 11.8. The van der Waals surface area contributed by atoms with Crippen LogP contribution in [0.15, 0.2) is 35.8 Å². The Morgan fingerprint density at radius 3 is 2.94 bits per heavy atom. The fourth-order valence-electron chi connectivity index (χ4n) is 1.50. The average molecular weight is 243 g/mol. The zero-order valence-electron chi connectivity index (χ0n) is 9.55. The Kier molecular flexibility index (Phi) is 3.86. The number of hydrogen-bond acceptors (Lipinski definition) is 4. The summed E-state index contributed by atoms with van der Waals surface area (Å²) in [6, 6.07) is 9.88. The van der Waals surface area contributed by atoms with Gasteiger partial charge in [-0.15, -0.1) is 11.3 Å². The second-order valence-electron chi connectivity index (χ2n) is 3.76. The molecule has 0 aliphatic heterocycles. The van der Waals surface area contributed by atoms with Gasteiger partial charge >= 0.3 is 0 Å². The molecule has 0 saturated carbocycles. The molecule has 0 amide bonds. The van der Waals surface area contributed by atoms with Gasteiger partial charge in [0.25, 0.3) is 0 Å². The van der Waals surface area contributed by atoms with Crippen molar-refractivity contribution in [2.45, 2.75) is 19.5 Å². The molecular formula is C13H13N3S. The van der Waals surface area contributed by atoms with Gasteiger partial charge in [-0.05, 0) is 24.4 Å². The molecule has 1 atom stereocenters. The molecule has 0 saturated heterocycles. The van der Waals surface area contributed by atoms with Crippen molar-refractivity contribution >= 4 is 11.3 Å². The zero-order chi connectivity index (χ0) is 12.1. The number of thiophene rings is 1. The summed E-state index contributed by atoms with van der Waals surface area (Å²) in [4.78, 5) is 5.43. The van der Waals surface area contributed by atoms with Crippen molar-refractivity contribution < 1.29 is 0 Å². The first-order valence-electron chi connectivity index (χ1n) is 5.37. The molecule has 1 N–H and O–H groups in total. The SMILES string of the molecule is Cc1ccc(C(C#N)NCc2cccs2)cn1. The van der Waals surface area contributed by atoms with Gasteiger partial charge in [-0.2, -0.15) is 5.26 Å². The summed E-state index contributed by atoms with van der Waals surface area (Å²) >= 11 is 1.69. The molecule has 2 rings (SSSR count). The van der Waals surface area contributed by atoms with E-state index in [4.69, 9.17) is 5.26 Å². The molecule has 3 nitrogen and oxygen atoms in total. The van der Waals surface area contributed by atoms with E-state index in [2.05, 4.69) is 22.4 Å². The van der Waals surface area contributed by atoms with E-state index in [0.717, 1.165) is 11.3 Å². The van der Waals surface area contributed by atoms with E-state index in [-0.39, 0.29) is 6.04 Å². The maximum atomic E-state index is 9.14.